The molecular weight excluding hydrogens is 334 g/mol. The molecule has 27 heavy (non-hydrogen) atoms. The molecule has 2 aliphatic rings. The van der Waals surface area contributed by atoms with Crippen LogP contribution in [-0.4, -0.2) is 30.4 Å². The lowest BCUT2D eigenvalue weighted by Gasteiger charge is -2.27. The molecule has 2 aromatic carbocycles. The first-order valence-corrected chi connectivity index (χ1v) is 9.80. The summed E-state index contributed by atoms with van der Waals surface area (Å²) in [5.41, 5.74) is 2.26. The summed E-state index contributed by atoms with van der Waals surface area (Å²) in [7, 11) is 0. The van der Waals surface area contributed by atoms with E-state index in [-0.39, 0.29) is 11.9 Å². The molecule has 4 heteroatoms. The van der Waals surface area contributed by atoms with Crippen LogP contribution in [0.15, 0.2) is 54.6 Å². The molecule has 0 spiro atoms. The van der Waals surface area contributed by atoms with E-state index in [1.165, 1.54) is 12.8 Å². The minimum Gasteiger partial charge on any atom is -0.347 e. The Labute approximate surface area is 160 Å². The van der Waals surface area contributed by atoms with E-state index in [4.69, 9.17) is 0 Å². The second-order valence-corrected chi connectivity index (χ2v) is 7.72. The van der Waals surface area contributed by atoms with E-state index >= 15 is 0 Å². The number of benzene rings is 2. The first-order chi connectivity index (χ1) is 13.2. The molecule has 1 saturated carbocycles. The van der Waals surface area contributed by atoms with Crippen LogP contribution in [-0.2, 0) is 10.2 Å². The minimum absolute atomic E-state index is 0.00609. The molecular formula is C23H25N3O. The molecule has 4 nitrogen and oxygen atoms in total. The number of rotatable bonds is 6. The largest absolute Gasteiger partial charge is 0.347 e. The van der Waals surface area contributed by atoms with E-state index in [9.17, 15) is 10.1 Å². The topological polar surface area (TPSA) is 56.1 Å². The van der Waals surface area contributed by atoms with Gasteiger partial charge < -0.3 is 10.2 Å². The van der Waals surface area contributed by atoms with Gasteiger partial charge in [-0.25, -0.2) is 0 Å². The van der Waals surface area contributed by atoms with Crippen molar-refractivity contribution in [3.8, 4) is 6.07 Å². The maximum atomic E-state index is 13.3. The average molecular weight is 359 g/mol. The molecule has 0 bridgehead atoms. The van der Waals surface area contributed by atoms with Gasteiger partial charge in [-0.2, -0.15) is 5.26 Å². The summed E-state index contributed by atoms with van der Waals surface area (Å²) in [5.74, 6) is 0.0886. The Hall–Kier alpha value is -2.64. The zero-order valence-electron chi connectivity index (χ0n) is 15.5. The molecule has 1 aliphatic carbocycles. The molecule has 1 amide bonds. The molecule has 1 heterocycles. The SMILES string of the molecule is N#Cc1cccc(C2(C(=O)NC(CN3CCCC3)c3ccccc3)CC2)c1. The Bertz CT molecular complexity index is 845. The van der Waals surface area contributed by atoms with Gasteiger partial charge in [0.25, 0.3) is 0 Å². The number of nitrogens with one attached hydrogen (secondary N) is 1. The molecule has 1 atom stereocenters. The first-order valence-electron chi connectivity index (χ1n) is 9.80. The number of nitriles is 1. The van der Waals surface area contributed by atoms with E-state index in [1.54, 1.807) is 6.07 Å². The van der Waals surface area contributed by atoms with Gasteiger partial charge in [-0.3, -0.25) is 4.79 Å². The van der Waals surface area contributed by atoms with Crippen LogP contribution in [0.25, 0.3) is 0 Å². The smallest absolute Gasteiger partial charge is 0.231 e. The van der Waals surface area contributed by atoms with Crippen molar-refractivity contribution in [2.75, 3.05) is 19.6 Å². The van der Waals surface area contributed by atoms with E-state index in [2.05, 4.69) is 28.4 Å². The molecule has 1 N–H and O–H groups in total. The Morgan fingerprint density at radius 3 is 2.52 bits per heavy atom. The van der Waals surface area contributed by atoms with Crippen molar-refractivity contribution in [3.05, 3.63) is 71.3 Å². The van der Waals surface area contributed by atoms with Crippen molar-refractivity contribution in [1.29, 1.82) is 5.26 Å². The molecule has 0 radical (unpaired) electrons. The van der Waals surface area contributed by atoms with Crippen molar-refractivity contribution in [3.63, 3.8) is 0 Å². The number of hydrogen-bond donors (Lipinski definition) is 1. The van der Waals surface area contributed by atoms with Crippen molar-refractivity contribution in [1.82, 2.24) is 10.2 Å². The highest BCUT2D eigenvalue weighted by Gasteiger charge is 2.51. The van der Waals surface area contributed by atoms with Crippen LogP contribution in [0.1, 0.15) is 48.4 Å². The minimum atomic E-state index is -0.467. The number of amides is 1. The molecule has 1 unspecified atom stereocenters. The van der Waals surface area contributed by atoms with Gasteiger partial charge in [0.2, 0.25) is 5.91 Å². The Morgan fingerprint density at radius 1 is 1.11 bits per heavy atom. The Morgan fingerprint density at radius 2 is 1.85 bits per heavy atom. The summed E-state index contributed by atoms with van der Waals surface area (Å²) in [5, 5.41) is 12.5. The zero-order valence-corrected chi connectivity index (χ0v) is 15.5. The molecule has 4 rings (SSSR count). The second kappa shape index (κ2) is 7.54. The Kier molecular flexibility index (Phi) is 4.96. The van der Waals surface area contributed by atoms with Crippen molar-refractivity contribution < 1.29 is 4.79 Å². The standard InChI is InChI=1S/C23H25N3O/c24-16-18-7-6-10-20(15-18)23(11-12-23)22(27)25-21(17-26-13-4-5-14-26)19-8-2-1-3-9-19/h1-3,6-10,15,21H,4-5,11-14,17H2,(H,25,27). The molecule has 138 valence electrons. The van der Waals surface area contributed by atoms with Crippen LogP contribution in [0.2, 0.25) is 0 Å². The zero-order chi connectivity index (χ0) is 18.7. The van der Waals surface area contributed by atoms with Crippen LogP contribution >= 0.6 is 0 Å². The van der Waals surface area contributed by atoms with Crippen LogP contribution in [0.4, 0.5) is 0 Å². The Balaban J connectivity index is 1.55. The lowest BCUT2D eigenvalue weighted by Crippen LogP contribution is -2.41. The lowest BCUT2D eigenvalue weighted by atomic mass is 9.92. The van der Waals surface area contributed by atoms with Gasteiger partial charge in [-0.05, 0) is 62.0 Å². The second-order valence-electron chi connectivity index (χ2n) is 7.72. The summed E-state index contributed by atoms with van der Waals surface area (Å²) in [6.07, 6.45) is 4.17. The van der Waals surface area contributed by atoms with Crippen LogP contribution in [0.3, 0.4) is 0 Å². The molecule has 0 aromatic heterocycles. The van der Waals surface area contributed by atoms with Crippen LogP contribution < -0.4 is 5.32 Å². The fraction of sp³-hybridized carbons (Fsp3) is 0.391. The highest BCUT2D eigenvalue weighted by molar-refractivity contribution is 5.91. The summed E-state index contributed by atoms with van der Waals surface area (Å²) in [6.45, 7) is 3.06. The summed E-state index contributed by atoms with van der Waals surface area (Å²) >= 11 is 0. The summed E-state index contributed by atoms with van der Waals surface area (Å²) < 4.78 is 0. The molecule has 1 saturated heterocycles. The van der Waals surface area contributed by atoms with E-state index in [0.29, 0.717) is 5.56 Å². The summed E-state index contributed by atoms with van der Waals surface area (Å²) in [6, 6.07) is 19.9. The highest BCUT2D eigenvalue weighted by Crippen LogP contribution is 2.49. The third kappa shape index (κ3) is 3.74. The van der Waals surface area contributed by atoms with Crippen molar-refractivity contribution in [2.45, 2.75) is 37.1 Å². The monoisotopic (exact) mass is 359 g/mol. The van der Waals surface area contributed by atoms with Gasteiger partial charge in [0, 0.05) is 6.54 Å². The fourth-order valence-corrected chi connectivity index (χ4v) is 4.10. The van der Waals surface area contributed by atoms with Crippen LogP contribution in [0, 0.1) is 11.3 Å². The van der Waals surface area contributed by atoms with Gasteiger partial charge in [-0.15, -0.1) is 0 Å². The van der Waals surface area contributed by atoms with Crippen LogP contribution in [0.5, 0.6) is 0 Å². The third-order valence-corrected chi connectivity index (χ3v) is 5.88. The lowest BCUT2D eigenvalue weighted by molar-refractivity contribution is -0.124. The maximum absolute atomic E-state index is 13.3. The van der Waals surface area contributed by atoms with Gasteiger partial charge >= 0.3 is 0 Å². The molecule has 1 aliphatic heterocycles. The fourth-order valence-electron chi connectivity index (χ4n) is 4.10. The van der Waals surface area contributed by atoms with Gasteiger partial charge in [0.1, 0.15) is 0 Å². The van der Waals surface area contributed by atoms with Crippen molar-refractivity contribution in [2.24, 2.45) is 0 Å². The van der Waals surface area contributed by atoms with Crippen molar-refractivity contribution >= 4 is 5.91 Å². The highest BCUT2D eigenvalue weighted by atomic mass is 16.2. The number of carbonyl (C=O) groups is 1. The van der Waals surface area contributed by atoms with Gasteiger partial charge in [0.15, 0.2) is 0 Å². The number of hydrogen-bond acceptors (Lipinski definition) is 3. The number of likely N-dealkylation sites (tertiary alicyclic amines) is 1. The molecule has 2 fully saturated rings. The molecule has 2 aromatic rings. The normalized spacial score (nSPS) is 19.2. The van der Waals surface area contributed by atoms with E-state index < -0.39 is 5.41 Å². The maximum Gasteiger partial charge on any atom is 0.231 e. The number of nitrogens with zero attached hydrogens (tertiary/aromatic N) is 2. The quantitative estimate of drug-likeness (QED) is 0.858. The van der Waals surface area contributed by atoms with Gasteiger partial charge in [-0.1, -0.05) is 42.5 Å². The number of carbonyl (C=O) groups excluding carboxylic acids is 1. The third-order valence-electron chi connectivity index (χ3n) is 5.88. The predicted molar refractivity (Wildman–Crippen MR) is 105 cm³/mol. The first kappa shape index (κ1) is 17.8. The van der Waals surface area contributed by atoms with Gasteiger partial charge in [0.05, 0.1) is 23.1 Å². The average Bonchev–Trinajstić information content (AvgIpc) is 3.38. The van der Waals surface area contributed by atoms with E-state index in [1.807, 2.05) is 36.4 Å². The summed E-state index contributed by atoms with van der Waals surface area (Å²) in [4.78, 5) is 15.7. The predicted octanol–water partition coefficient (Wildman–Crippen LogP) is 3.54. The van der Waals surface area contributed by atoms with E-state index in [0.717, 1.165) is 43.6 Å².